The Labute approximate surface area is 80.4 Å². The summed E-state index contributed by atoms with van der Waals surface area (Å²) in [6, 6.07) is 9.83. The number of fused-ring (bicyclic) bond motifs is 1. The number of nitrogens with zero attached hydrogens (tertiary/aromatic N) is 1. The van der Waals surface area contributed by atoms with Crippen LogP contribution in [0.25, 0.3) is 22.4 Å². The van der Waals surface area contributed by atoms with Gasteiger partial charge in [-0.2, -0.15) is 0 Å². The number of hydrogen-bond donors (Lipinski definition) is 1. The van der Waals surface area contributed by atoms with Gasteiger partial charge in [0, 0.05) is 0 Å². The minimum atomic E-state index is 0.847. The maximum atomic E-state index is 5.00. The van der Waals surface area contributed by atoms with Crippen LogP contribution in [-0.4, -0.2) is 9.97 Å². The number of rotatable bonds is 1. The van der Waals surface area contributed by atoms with Gasteiger partial charge in [-0.3, -0.25) is 0 Å². The summed E-state index contributed by atoms with van der Waals surface area (Å²) in [7, 11) is 0. The number of benzene rings is 1. The van der Waals surface area contributed by atoms with Crippen LogP contribution in [-0.2, 0) is 0 Å². The van der Waals surface area contributed by atoms with Gasteiger partial charge in [0.05, 0.1) is 22.9 Å². The van der Waals surface area contributed by atoms with E-state index in [-0.39, 0.29) is 0 Å². The van der Waals surface area contributed by atoms with Gasteiger partial charge < -0.3 is 9.40 Å². The van der Waals surface area contributed by atoms with Crippen LogP contribution in [0.4, 0.5) is 0 Å². The number of aromatic nitrogens is 2. The molecule has 0 aliphatic carbocycles. The van der Waals surface area contributed by atoms with Gasteiger partial charge in [0.1, 0.15) is 12.1 Å². The van der Waals surface area contributed by atoms with Gasteiger partial charge in [-0.15, -0.1) is 0 Å². The topological polar surface area (TPSA) is 41.8 Å². The number of imidazole rings is 1. The van der Waals surface area contributed by atoms with Crippen molar-refractivity contribution >= 4 is 11.0 Å². The van der Waals surface area contributed by atoms with Crippen LogP contribution in [0.2, 0.25) is 0 Å². The van der Waals surface area contributed by atoms with Gasteiger partial charge in [0.15, 0.2) is 0 Å². The molecule has 0 spiro atoms. The molecular formula is C11H8N2O. The van der Waals surface area contributed by atoms with Crippen molar-refractivity contribution in [3.63, 3.8) is 0 Å². The highest BCUT2D eigenvalue weighted by molar-refractivity contribution is 5.78. The lowest BCUT2D eigenvalue weighted by Gasteiger charge is -1.85. The molecule has 0 atom stereocenters. The molecular weight excluding hydrogens is 176 g/mol. The van der Waals surface area contributed by atoms with Crippen molar-refractivity contribution in [2.45, 2.75) is 0 Å². The van der Waals surface area contributed by atoms with Crippen molar-refractivity contribution in [1.29, 1.82) is 0 Å². The van der Waals surface area contributed by atoms with Crippen molar-refractivity contribution in [3.05, 3.63) is 42.9 Å². The van der Waals surface area contributed by atoms with Gasteiger partial charge in [-0.25, -0.2) is 4.98 Å². The molecule has 0 radical (unpaired) electrons. The van der Waals surface area contributed by atoms with E-state index in [1.807, 2.05) is 30.3 Å². The number of para-hydroxylation sites is 2. The SMILES string of the molecule is c1ccc2[nH]c(-c3ccoc3)nc2c1. The van der Waals surface area contributed by atoms with E-state index in [4.69, 9.17) is 4.42 Å². The van der Waals surface area contributed by atoms with Gasteiger partial charge in [0.25, 0.3) is 0 Å². The number of furan rings is 1. The van der Waals surface area contributed by atoms with Crippen LogP contribution in [0.1, 0.15) is 0 Å². The van der Waals surface area contributed by atoms with Crippen molar-refractivity contribution in [3.8, 4) is 11.4 Å². The maximum Gasteiger partial charge on any atom is 0.141 e. The molecule has 0 bridgehead atoms. The predicted molar refractivity (Wildman–Crippen MR) is 53.8 cm³/mol. The lowest BCUT2D eigenvalue weighted by atomic mass is 10.3. The highest BCUT2D eigenvalue weighted by Crippen LogP contribution is 2.19. The zero-order valence-electron chi connectivity index (χ0n) is 7.40. The fourth-order valence-electron chi connectivity index (χ4n) is 1.49. The molecule has 3 nitrogen and oxygen atoms in total. The van der Waals surface area contributed by atoms with Gasteiger partial charge in [0.2, 0.25) is 0 Å². The molecule has 0 saturated carbocycles. The lowest BCUT2D eigenvalue weighted by molar-refractivity contribution is 0.568. The van der Waals surface area contributed by atoms with E-state index in [0.717, 1.165) is 22.4 Å². The van der Waals surface area contributed by atoms with Crippen LogP contribution in [0.5, 0.6) is 0 Å². The van der Waals surface area contributed by atoms with E-state index in [9.17, 15) is 0 Å². The van der Waals surface area contributed by atoms with E-state index in [2.05, 4.69) is 9.97 Å². The van der Waals surface area contributed by atoms with Crippen molar-refractivity contribution < 1.29 is 4.42 Å². The number of H-pyrrole nitrogens is 1. The average Bonchev–Trinajstić information content (AvgIpc) is 2.86. The minimum Gasteiger partial charge on any atom is -0.472 e. The van der Waals surface area contributed by atoms with Crippen LogP contribution in [0.3, 0.4) is 0 Å². The van der Waals surface area contributed by atoms with E-state index < -0.39 is 0 Å². The normalized spacial score (nSPS) is 10.9. The molecule has 2 heterocycles. The summed E-state index contributed by atoms with van der Waals surface area (Å²) in [5.41, 5.74) is 2.99. The molecule has 2 aromatic heterocycles. The zero-order chi connectivity index (χ0) is 9.38. The van der Waals surface area contributed by atoms with E-state index in [1.165, 1.54) is 0 Å². The first-order valence-corrected chi connectivity index (χ1v) is 4.41. The standard InChI is InChI=1S/C11H8N2O/c1-2-4-10-9(3-1)12-11(13-10)8-5-6-14-7-8/h1-7H,(H,12,13). The molecule has 0 fully saturated rings. The molecule has 14 heavy (non-hydrogen) atoms. The molecule has 3 heteroatoms. The molecule has 0 aliphatic heterocycles. The summed E-state index contributed by atoms with van der Waals surface area (Å²) in [6.07, 6.45) is 3.32. The summed E-state index contributed by atoms with van der Waals surface area (Å²) in [4.78, 5) is 7.67. The summed E-state index contributed by atoms with van der Waals surface area (Å²) >= 11 is 0. The lowest BCUT2D eigenvalue weighted by Crippen LogP contribution is -1.73. The van der Waals surface area contributed by atoms with E-state index >= 15 is 0 Å². The second-order valence-electron chi connectivity index (χ2n) is 3.11. The number of nitrogens with one attached hydrogen (secondary N) is 1. The second kappa shape index (κ2) is 2.73. The molecule has 1 aromatic carbocycles. The zero-order valence-corrected chi connectivity index (χ0v) is 7.40. The fourth-order valence-corrected chi connectivity index (χ4v) is 1.49. The van der Waals surface area contributed by atoms with Crippen molar-refractivity contribution in [2.24, 2.45) is 0 Å². The van der Waals surface area contributed by atoms with Gasteiger partial charge in [-0.1, -0.05) is 12.1 Å². The Morgan fingerprint density at radius 1 is 1.14 bits per heavy atom. The Morgan fingerprint density at radius 3 is 2.86 bits per heavy atom. The molecule has 68 valence electrons. The van der Waals surface area contributed by atoms with Gasteiger partial charge in [-0.05, 0) is 18.2 Å². The molecule has 1 N–H and O–H groups in total. The van der Waals surface area contributed by atoms with Crippen LogP contribution in [0.15, 0.2) is 47.3 Å². The van der Waals surface area contributed by atoms with Gasteiger partial charge >= 0.3 is 0 Å². The summed E-state index contributed by atoms with van der Waals surface area (Å²) in [5, 5.41) is 0. The van der Waals surface area contributed by atoms with Crippen LogP contribution in [0, 0.1) is 0 Å². The molecule has 3 aromatic rings. The highest BCUT2D eigenvalue weighted by Gasteiger charge is 2.04. The first-order chi connectivity index (χ1) is 6.93. The Morgan fingerprint density at radius 2 is 2.07 bits per heavy atom. The number of aromatic amines is 1. The molecule has 0 aliphatic rings. The van der Waals surface area contributed by atoms with Crippen molar-refractivity contribution in [1.82, 2.24) is 9.97 Å². The van der Waals surface area contributed by atoms with Crippen molar-refractivity contribution in [2.75, 3.05) is 0 Å². The van der Waals surface area contributed by atoms with Crippen LogP contribution >= 0.6 is 0 Å². The monoisotopic (exact) mass is 184 g/mol. The number of hydrogen-bond acceptors (Lipinski definition) is 2. The second-order valence-corrected chi connectivity index (χ2v) is 3.11. The fraction of sp³-hybridized carbons (Fsp3) is 0. The van der Waals surface area contributed by atoms with E-state index in [0.29, 0.717) is 0 Å². The average molecular weight is 184 g/mol. The first kappa shape index (κ1) is 7.38. The summed E-state index contributed by atoms with van der Waals surface area (Å²) in [6.45, 7) is 0. The predicted octanol–water partition coefficient (Wildman–Crippen LogP) is 2.82. The molecule has 0 unspecified atom stereocenters. The summed E-state index contributed by atoms with van der Waals surface area (Å²) in [5.74, 6) is 0.847. The van der Waals surface area contributed by atoms with E-state index in [1.54, 1.807) is 12.5 Å². The third kappa shape index (κ3) is 1.03. The van der Waals surface area contributed by atoms with Crippen LogP contribution < -0.4 is 0 Å². The summed E-state index contributed by atoms with van der Waals surface area (Å²) < 4.78 is 5.00. The molecule has 0 amide bonds. The third-order valence-corrected chi connectivity index (χ3v) is 2.18. The minimum absolute atomic E-state index is 0.847. The molecule has 0 saturated heterocycles. The third-order valence-electron chi connectivity index (χ3n) is 2.18. The Kier molecular flexibility index (Phi) is 1.44. The Balaban J connectivity index is 2.24. The maximum absolute atomic E-state index is 5.00. The molecule has 3 rings (SSSR count). The highest BCUT2D eigenvalue weighted by atomic mass is 16.3. The first-order valence-electron chi connectivity index (χ1n) is 4.41. The smallest absolute Gasteiger partial charge is 0.141 e. The Bertz CT molecular complexity index is 518. The quantitative estimate of drug-likeness (QED) is 0.631. The Hall–Kier alpha value is -2.03. The largest absolute Gasteiger partial charge is 0.472 e.